The molecule has 0 radical (unpaired) electrons. The highest BCUT2D eigenvalue weighted by atomic mass is 16.6. The first-order valence-electron chi connectivity index (χ1n) is 24.8. The fourth-order valence-electron chi connectivity index (χ4n) is 7.00. The van der Waals surface area contributed by atoms with Crippen LogP contribution < -0.4 is 5.11 Å². The number of nitrogens with zero attached hydrogens (tertiary/aromatic N) is 1. The summed E-state index contributed by atoms with van der Waals surface area (Å²) in [7, 11) is 5.39. The van der Waals surface area contributed by atoms with Crippen molar-refractivity contribution >= 4 is 17.9 Å². The molecule has 0 heterocycles. The average Bonchev–Trinajstić information content (AvgIpc) is 3.22. The van der Waals surface area contributed by atoms with Crippen LogP contribution in [0.25, 0.3) is 0 Å². The highest BCUT2D eigenvalue weighted by molar-refractivity contribution is 5.70. The second kappa shape index (κ2) is 43.7. The summed E-state index contributed by atoms with van der Waals surface area (Å²) in [6.07, 6.45) is 54.0. The maximum Gasteiger partial charge on any atom is 0.306 e. The molecule has 8 nitrogen and oxygen atoms in total. The van der Waals surface area contributed by atoms with Gasteiger partial charge in [-0.05, 0) is 77.0 Å². The zero-order valence-electron chi connectivity index (χ0n) is 40.1. The van der Waals surface area contributed by atoms with Crippen molar-refractivity contribution in [2.75, 3.05) is 41.0 Å². The summed E-state index contributed by atoms with van der Waals surface area (Å²) in [5.74, 6) is -1.81. The first kappa shape index (κ1) is 58.0. The van der Waals surface area contributed by atoms with Gasteiger partial charge in [0.1, 0.15) is 12.6 Å². The van der Waals surface area contributed by atoms with E-state index in [1.54, 1.807) is 21.1 Å². The third-order valence-electron chi connectivity index (χ3n) is 10.9. The van der Waals surface area contributed by atoms with Gasteiger partial charge in [0.05, 0.1) is 40.3 Å². The van der Waals surface area contributed by atoms with E-state index in [-0.39, 0.29) is 49.1 Å². The molecule has 0 bridgehead atoms. The lowest BCUT2D eigenvalue weighted by Gasteiger charge is -2.34. The van der Waals surface area contributed by atoms with Crippen molar-refractivity contribution in [3.05, 3.63) is 60.8 Å². The number of carbonyl (C=O) groups excluding carboxylic acids is 3. The van der Waals surface area contributed by atoms with Crippen molar-refractivity contribution < 1.29 is 38.2 Å². The third-order valence-corrected chi connectivity index (χ3v) is 10.9. The average molecular weight is 856 g/mol. The van der Waals surface area contributed by atoms with Gasteiger partial charge in [-0.3, -0.25) is 9.59 Å². The number of likely N-dealkylation sites (N-methyl/N-ethyl adjacent to an activating group) is 1. The normalized spacial score (nSPS) is 13.4. The highest BCUT2D eigenvalue weighted by Gasteiger charge is 2.25. The molecule has 0 N–H and O–H groups in total. The van der Waals surface area contributed by atoms with Gasteiger partial charge in [-0.25, -0.2) is 0 Å². The van der Waals surface area contributed by atoms with E-state index in [0.717, 1.165) is 44.9 Å². The second-order valence-electron chi connectivity index (χ2n) is 17.7. The number of ether oxygens (including phenoxy) is 3. The molecule has 0 aliphatic carbocycles. The van der Waals surface area contributed by atoms with Crippen LogP contribution in [0.3, 0.4) is 0 Å². The van der Waals surface area contributed by atoms with Gasteiger partial charge in [0.25, 0.3) is 0 Å². The van der Waals surface area contributed by atoms with Crippen molar-refractivity contribution in [3.8, 4) is 0 Å². The van der Waals surface area contributed by atoms with Gasteiger partial charge in [-0.2, -0.15) is 0 Å². The zero-order chi connectivity index (χ0) is 44.9. The van der Waals surface area contributed by atoms with Gasteiger partial charge in [-0.1, -0.05) is 171 Å². The van der Waals surface area contributed by atoms with Crippen molar-refractivity contribution in [1.82, 2.24) is 0 Å². The molecule has 0 aliphatic rings. The first-order chi connectivity index (χ1) is 29.6. The number of carboxylic acids is 1. The number of hydrogen-bond acceptors (Lipinski definition) is 7. The van der Waals surface area contributed by atoms with E-state index in [4.69, 9.17) is 14.2 Å². The Balaban J connectivity index is 4.35. The maximum absolute atomic E-state index is 12.7. The van der Waals surface area contributed by atoms with E-state index in [2.05, 4.69) is 74.6 Å². The van der Waals surface area contributed by atoms with E-state index < -0.39 is 18.1 Å². The van der Waals surface area contributed by atoms with Gasteiger partial charge in [-0.15, -0.1) is 0 Å². The molecule has 0 amide bonds. The lowest BCUT2D eigenvalue weighted by molar-refractivity contribution is -0.889. The van der Waals surface area contributed by atoms with Gasteiger partial charge in [0.2, 0.25) is 0 Å². The Hall–Kier alpha value is -2.97. The highest BCUT2D eigenvalue weighted by Crippen LogP contribution is 2.14. The zero-order valence-corrected chi connectivity index (χ0v) is 40.1. The Bertz CT molecular complexity index is 1180. The summed E-state index contributed by atoms with van der Waals surface area (Å²) in [6, 6.07) is -0.738. The molecule has 0 aliphatic heterocycles. The third kappa shape index (κ3) is 42.1. The summed E-state index contributed by atoms with van der Waals surface area (Å²) >= 11 is 0. The quantitative estimate of drug-likeness (QED) is 0.0260. The van der Waals surface area contributed by atoms with E-state index in [0.29, 0.717) is 12.8 Å². The molecule has 0 saturated carbocycles. The van der Waals surface area contributed by atoms with Crippen molar-refractivity contribution in [2.24, 2.45) is 0 Å². The summed E-state index contributed by atoms with van der Waals surface area (Å²) < 4.78 is 17.2. The van der Waals surface area contributed by atoms with Crippen LogP contribution in [0.5, 0.6) is 0 Å². The molecule has 0 rings (SSSR count). The van der Waals surface area contributed by atoms with E-state index in [1.165, 1.54) is 122 Å². The number of hydrogen-bond donors (Lipinski definition) is 0. The number of aliphatic carboxylic acids is 1. The summed E-state index contributed by atoms with van der Waals surface area (Å²) in [6.45, 7) is 4.58. The molecular weight excluding hydrogens is 763 g/mol. The Labute approximate surface area is 375 Å². The van der Waals surface area contributed by atoms with E-state index in [1.807, 2.05) is 0 Å². The maximum atomic E-state index is 12.7. The van der Waals surface area contributed by atoms with Crippen LogP contribution >= 0.6 is 0 Å². The Morgan fingerprint density at radius 2 is 0.885 bits per heavy atom. The van der Waals surface area contributed by atoms with Crippen molar-refractivity contribution in [3.63, 3.8) is 0 Å². The molecule has 0 spiro atoms. The molecule has 0 saturated heterocycles. The second-order valence-corrected chi connectivity index (χ2v) is 17.7. The van der Waals surface area contributed by atoms with Crippen LogP contribution in [-0.4, -0.2) is 75.5 Å². The van der Waals surface area contributed by atoms with Crippen molar-refractivity contribution in [2.45, 2.75) is 219 Å². The monoisotopic (exact) mass is 856 g/mol. The van der Waals surface area contributed by atoms with Crippen LogP contribution in [0.1, 0.15) is 206 Å². The molecule has 2 atom stereocenters. The lowest BCUT2D eigenvalue weighted by Crippen LogP contribution is -2.55. The van der Waals surface area contributed by atoms with Crippen LogP contribution in [-0.2, 0) is 28.6 Å². The summed E-state index contributed by atoms with van der Waals surface area (Å²) in [5.41, 5.74) is 0. The van der Waals surface area contributed by atoms with Gasteiger partial charge >= 0.3 is 11.9 Å². The van der Waals surface area contributed by atoms with Crippen LogP contribution in [0.2, 0.25) is 0 Å². The van der Waals surface area contributed by atoms with Gasteiger partial charge in [0.15, 0.2) is 6.10 Å². The first-order valence-corrected chi connectivity index (χ1v) is 24.8. The lowest BCUT2D eigenvalue weighted by atomic mass is 10.1. The smallest absolute Gasteiger partial charge is 0.306 e. The molecular formula is C53H93NO7. The molecule has 0 aromatic rings. The summed E-state index contributed by atoms with van der Waals surface area (Å²) in [4.78, 5) is 37.0. The molecule has 2 unspecified atom stereocenters. The predicted molar refractivity (Wildman–Crippen MR) is 254 cm³/mol. The topological polar surface area (TPSA) is 102 Å². The fourth-order valence-corrected chi connectivity index (χ4v) is 7.00. The molecule has 61 heavy (non-hydrogen) atoms. The number of unbranched alkanes of at least 4 members (excludes halogenated alkanes) is 20. The number of quaternary nitrogens is 1. The molecule has 352 valence electrons. The minimum absolute atomic E-state index is 0.0161. The number of rotatable bonds is 44. The minimum atomic E-state index is -1.13. The Morgan fingerprint density at radius 1 is 0.492 bits per heavy atom. The fraction of sp³-hybridized carbons (Fsp3) is 0.755. The minimum Gasteiger partial charge on any atom is -0.544 e. The van der Waals surface area contributed by atoms with Crippen LogP contribution in [0.15, 0.2) is 60.8 Å². The molecule has 0 fully saturated rings. The van der Waals surface area contributed by atoms with Crippen LogP contribution in [0, 0.1) is 0 Å². The number of carbonyl (C=O) groups is 3. The molecule has 0 aromatic carbocycles. The standard InChI is InChI=1S/C53H93NO7/c1-6-8-10-12-14-16-18-20-22-24-25-26-28-29-31-33-35-37-39-41-43-51(55)60-48-49(47-59-46-45-50(53(57)58)54(3,4)5)61-52(56)44-42-40-38-36-34-32-30-27-23-21-19-17-15-13-11-9-7-2/h15,17,21,23,25-26,30,32,36,38,49-50H,6-14,16,18-20,22,24,27-29,31,33-35,37,39-48H2,1-5H3/b17-15+,23-21+,26-25+,32-30+,38-36+. The van der Waals surface area contributed by atoms with Crippen molar-refractivity contribution in [1.29, 1.82) is 0 Å². The van der Waals surface area contributed by atoms with E-state index in [9.17, 15) is 19.5 Å². The Morgan fingerprint density at radius 3 is 1.38 bits per heavy atom. The largest absolute Gasteiger partial charge is 0.544 e. The SMILES string of the molecule is CCCCC/C=C/C/C=C/C/C=C/C/C=C/CCCC(=O)OC(COCCC(C(=O)[O-])[N+](C)(C)C)COC(=O)CCCCCCCCC/C=C/CCCCCCCCCCC. The number of esters is 2. The Kier molecular flexibility index (Phi) is 41.5. The van der Waals surface area contributed by atoms with E-state index >= 15 is 0 Å². The summed E-state index contributed by atoms with van der Waals surface area (Å²) in [5, 5.41) is 11.6. The van der Waals surface area contributed by atoms with Crippen LogP contribution in [0.4, 0.5) is 0 Å². The number of carboxylic acid groups (broad SMARTS) is 1. The predicted octanol–water partition coefficient (Wildman–Crippen LogP) is 12.8. The van der Waals surface area contributed by atoms with Gasteiger partial charge in [0, 0.05) is 19.3 Å². The molecule has 0 aromatic heterocycles. The molecule has 8 heteroatoms. The number of allylic oxidation sites excluding steroid dienone is 10. The van der Waals surface area contributed by atoms with Gasteiger partial charge < -0.3 is 28.6 Å².